The molecule has 1 aliphatic rings. The smallest absolute Gasteiger partial charge is 0.234 e. The van der Waals surface area contributed by atoms with Crippen LogP contribution in [0.15, 0.2) is 148 Å². The highest BCUT2D eigenvalue weighted by Crippen LogP contribution is 2.38. The lowest BCUT2D eigenvalue weighted by Crippen LogP contribution is -1.97. The number of allylic oxidation sites excluding steroid dienone is 4. The van der Waals surface area contributed by atoms with E-state index < -0.39 is 0 Å². The van der Waals surface area contributed by atoms with E-state index in [4.69, 9.17) is 23.8 Å². The predicted molar refractivity (Wildman–Crippen MR) is 199 cm³/mol. The third-order valence-electron chi connectivity index (χ3n) is 9.78. The molecule has 0 radical (unpaired) electrons. The molecule has 11 rings (SSSR count). The van der Waals surface area contributed by atoms with Crippen molar-refractivity contribution in [3.63, 3.8) is 0 Å². The number of imidazole rings is 2. The molecule has 1 aliphatic carbocycles. The van der Waals surface area contributed by atoms with Crippen molar-refractivity contribution in [3.8, 4) is 28.2 Å². The number of rotatable bonds is 4. The summed E-state index contributed by atoms with van der Waals surface area (Å²) in [5.41, 5.74) is 12.8. The Morgan fingerprint density at radius 2 is 1.34 bits per heavy atom. The van der Waals surface area contributed by atoms with E-state index in [2.05, 4.69) is 106 Å². The highest BCUT2D eigenvalue weighted by molar-refractivity contribution is 6.07. The first-order valence-electron chi connectivity index (χ1n) is 16.9. The molecule has 5 aromatic carbocycles. The monoisotopic (exact) mass is 645 g/mol. The van der Waals surface area contributed by atoms with E-state index in [1.807, 2.05) is 42.5 Å². The van der Waals surface area contributed by atoms with E-state index >= 15 is 0 Å². The molecule has 0 saturated heterocycles. The van der Waals surface area contributed by atoms with Gasteiger partial charge in [0.05, 0.1) is 11.0 Å². The minimum Gasteiger partial charge on any atom is -0.452 e. The van der Waals surface area contributed by atoms with Crippen molar-refractivity contribution in [1.29, 1.82) is 0 Å². The summed E-state index contributed by atoms with van der Waals surface area (Å²) in [4.78, 5) is 15.4. The van der Waals surface area contributed by atoms with Crippen LogP contribution in [-0.4, -0.2) is 23.9 Å². The van der Waals surface area contributed by atoms with E-state index in [1.54, 1.807) is 0 Å². The van der Waals surface area contributed by atoms with Crippen molar-refractivity contribution in [2.45, 2.75) is 12.8 Å². The van der Waals surface area contributed by atoms with Crippen molar-refractivity contribution < 1.29 is 8.83 Å². The molecule has 50 heavy (non-hydrogen) atoms. The maximum atomic E-state index is 6.41. The lowest BCUT2D eigenvalue weighted by atomic mass is 10.0. The third-order valence-corrected chi connectivity index (χ3v) is 9.78. The average Bonchev–Trinajstić information content (AvgIpc) is 3.92. The van der Waals surface area contributed by atoms with Gasteiger partial charge in [-0.05, 0) is 84.1 Å². The van der Waals surface area contributed by atoms with Crippen LogP contribution in [0.4, 0.5) is 0 Å². The first kappa shape index (κ1) is 27.2. The van der Waals surface area contributed by atoms with Crippen molar-refractivity contribution in [2.75, 3.05) is 0 Å². The van der Waals surface area contributed by atoms with Crippen LogP contribution in [0.5, 0.6) is 0 Å². The Balaban J connectivity index is 1.11. The van der Waals surface area contributed by atoms with E-state index in [0.29, 0.717) is 5.82 Å². The van der Waals surface area contributed by atoms with Crippen LogP contribution in [0.2, 0.25) is 0 Å². The van der Waals surface area contributed by atoms with Gasteiger partial charge in [0.2, 0.25) is 11.5 Å². The molecule has 5 aromatic heterocycles. The van der Waals surface area contributed by atoms with Crippen molar-refractivity contribution in [1.82, 2.24) is 23.9 Å². The van der Waals surface area contributed by atoms with Crippen LogP contribution in [0, 0.1) is 0 Å². The fourth-order valence-electron chi connectivity index (χ4n) is 7.44. The van der Waals surface area contributed by atoms with Gasteiger partial charge in [0.1, 0.15) is 27.9 Å². The fourth-order valence-corrected chi connectivity index (χ4v) is 7.44. The largest absolute Gasteiger partial charge is 0.452 e. The standard InChI is InChI=1S/C43H27N5O2/c1-3-12-26(13-4-1)37-40-38(31-18-7-9-20-35(31)49-40)45-41(44-37)29-15-11-14-27(24-29)28-22-23-33-34(25-28)47(30-16-5-2-6-17-30)43-46-39-32-19-8-10-21-36(32)50-42(39)48(33)43/h2-3,5-25H,1,4H2. The predicted octanol–water partition coefficient (Wildman–Crippen LogP) is 10.9. The molecule has 10 aromatic rings. The molecule has 0 bridgehead atoms. The number of aromatic nitrogens is 5. The lowest BCUT2D eigenvalue weighted by Gasteiger charge is -2.10. The summed E-state index contributed by atoms with van der Waals surface area (Å²) in [6.07, 6.45) is 8.58. The van der Waals surface area contributed by atoms with Crippen molar-refractivity contribution in [3.05, 3.63) is 145 Å². The van der Waals surface area contributed by atoms with E-state index in [0.717, 1.165) is 108 Å². The number of furan rings is 2. The maximum Gasteiger partial charge on any atom is 0.234 e. The fraction of sp³-hybridized carbons (Fsp3) is 0.0465. The summed E-state index contributed by atoms with van der Waals surface area (Å²) in [6, 6.07) is 41.6. The molecule has 7 heteroatoms. The minimum atomic E-state index is 0.667. The number of hydrogen-bond acceptors (Lipinski definition) is 5. The molecule has 0 fully saturated rings. The molecule has 0 unspecified atom stereocenters. The zero-order chi connectivity index (χ0) is 32.8. The molecule has 0 atom stereocenters. The van der Waals surface area contributed by atoms with Crippen molar-refractivity contribution >= 4 is 66.7 Å². The second-order valence-corrected chi connectivity index (χ2v) is 12.8. The Morgan fingerprint density at radius 1 is 0.580 bits per heavy atom. The third kappa shape index (κ3) is 3.94. The molecule has 0 aliphatic heterocycles. The molecule has 5 heterocycles. The van der Waals surface area contributed by atoms with Gasteiger partial charge in [-0.3, -0.25) is 4.57 Å². The molecule has 0 N–H and O–H groups in total. The van der Waals surface area contributed by atoms with Crippen LogP contribution < -0.4 is 0 Å². The molecule has 0 amide bonds. The zero-order valence-electron chi connectivity index (χ0n) is 26.7. The number of fused-ring (bicyclic) bond motifs is 10. The molecule has 0 saturated carbocycles. The van der Waals surface area contributed by atoms with Gasteiger partial charge >= 0.3 is 0 Å². The summed E-state index contributed by atoms with van der Waals surface area (Å²) < 4.78 is 17.1. The average molecular weight is 646 g/mol. The summed E-state index contributed by atoms with van der Waals surface area (Å²) >= 11 is 0. The first-order chi connectivity index (χ1) is 24.8. The highest BCUT2D eigenvalue weighted by atomic mass is 16.3. The second kappa shape index (κ2) is 10.4. The maximum absolute atomic E-state index is 6.41. The molecule has 0 spiro atoms. The van der Waals surface area contributed by atoms with Gasteiger partial charge in [0.25, 0.3) is 0 Å². The van der Waals surface area contributed by atoms with E-state index in [-0.39, 0.29) is 0 Å². The van der Waals surface area contributed by atoms with Gasteiger partial charge in [0.15, 0.2) is 11.4 Å². The molecule has 7 nitrogen and oxygen atoms in total. The normalized spacial score (nSPS) is 13.5. The summed E-state index contributed by atoms with van der Waals surface area (Å²) in [5, 5.41) is 2.00. The number of para-hydroxylation sites is 3. The van der Waals surface area contributed by atoms with Gasteiger partial charge in [-0.2, -0.15) is 0 Å². The highest BCUT2D eigenvalue weighted by Gasteiger charge is 2.23. The van der Waals surface area contributed by atoms with Crippen LogP contribution in [-0.2, 0) is 0 Å². The van der Waals surface area contributed by atoms with Gasteiger partial charge in [-0.25, -0.2) is 19.4 Å². The Hall–Kier alpha value is -6.73. The Labute approximate surface area is 285 Å². The first-order valence-corrected chi connectivity index (χ1v) is 16.9. The van der Waals surface area contributed by atoms with Crippen LogP contribution in [0.1, 0.15) is 18.5 Å². The Bertz CT molecular complexity index is 3050. The summed E-state index contributed by atoms with van der Waals surface area (Å²) in [5.74, 6) is 1.48. The zero-order valence-corrected chi connectivity index (χ0v) is 26.7. The molecule has 236 valence electrons. The SMILES string of the molecule is C1=CC(c2nc(-c3cccc(-c4ccc5c(c4)n(-c4ccccc4)c4nc6c7ccccc7oc6n54)c3)nc3c2oc2ccccc23)=CCC1. The van der Waals surface area contributed by atoms with Crippen molar-refractivity contribution in [2.24, 2.45) is 0 Å². The van der Waals surface area contributed by atoms with Crippen LogP contribution in [0.25, 0.3) is 94.9 Å². The Morgan fingerprint density at radius 3 is 2.18 bits per heavy atom. The molecular weight excluding hydrogens is 619 g/mol. The Kier molecular flexibility index (Phi) is 5.66. The minimum absolute atomic E-state index is 0.667. The summed E-state index contributed by atoms with van der Waals surface area (Å²) in [6.45, 7) is 0. The van der Waals surface area contributed by atoms with Gasteiger partial charge < -0.3 is 8.83 Å². The van der Waals surface area contributed by atoms with E-state index in [1.165, 1.54) is 0 Å². The van der Waals surface area contributed by atoms with Gasteiger partial charge in [0, 0.05) is 22.0 Å². The number of nitrogens with zero attached hydrogens (tertiary/aromatic N) is 5. The van der Waals surface area contributed by atoms with Crippen LogP contribution in [0.3, 0.4) is 0 Å². The lowest BCUT2D eigenvalue weighted by molar-refractivity contribution is 0.651. The van der Waals surface area contributed by atoms with Crippen LogP contribution >= 0.6 is 0 Å². The second-order valence-electron chi connectivity index (χ2n) is 12.8. The topological polar surface area (TPSA) is 74.3 Å². The quantitative estimate of drug-likeness (QED) is 0.190. The van der Waals surface area contributed by atoms with Gasteiger partial charge in [-0.1, -0.05) is 85.0 Å². The molecular formula is C43H27N5O2. The van der Waals surface area contributed by atoms with E-state index in [9.17, 15) is 0 Å². The number of hydrogen-bond donors (Lipinski definition) is 0. The summed E-state index contributed by atoms with van der Waals surface area (Å²) in [7, 11) is 0. The van der Waals surface area contributed by atoms with Gasteiger partial charge in [-0.15, -0.1) is 0 Å². The number of benzene rings is 5.